The molecule has 0 aromatic carbocycles. The lowest BCUT2D eigenvalue weighted by atomic mass is 10.0. The Morgan fingerprint density at radius 3 is 2.17 bits per heavy atom. The van der Waals surface area contributed by atoms with Crippen molar-refractivity contribution in [1.29, 1.82) is 0 Å². The van der Waals surface area contributed by atoms with Crippen molar-refractivity contribution in [2.24, 2.45) is 5.92 Å². The highest BCUT2D eigenvalue weighted by molar-refractivity contribution is 6.31. The van der Waals surface area contributed by atoms with Crippen molar-refractivity contribution in [2.45, 2.75) is 46.0 Å². The summed E-state index contributed by atoms with van der Waals surface area (Å²) in [4.78, 5) is 11.6. The van der Waals surface area contributed by atoms with Gasteiger partial charge >= 0.3 is 0 Å². The van der Waals surface area contributed by atoms with Gasteiger partial charge in [0.15, 0.2) is 0 Å². The molecule has 102 valence electrons. The number of nitrogens with zero attached hydrogens (tertiary/aromatic N) is 3. The number of unbranched alkanes of at least 4 members (excludes halogenated alkanes) is 3. The van der Waals surface area contributed by atoms with Crippen molar-refractivity contribution in [3.8, 4) is 0 Å². The predicted octanol–water partition coefficient (Wildman–Crippen LogP) is 4.20. The number of anilines is 1. The number of rotatable bonds is 8. The Bertz CT molecular complexity index is 338. The van der Waals surface area contributed by atoms with Crippen LogP contribution in [0.2, 0.25) is 10.6 Å². The quantitative estimate of drug-likeness (QED) is 0.729. The number of hydrogen-bond acceptors (Lipinski definition) is 4. The number of halogens is 2. The van der Waals surface area contributed by atoms with Gasteiger partial charge in [-0.25, -0.2) is 0 Å². The molecule has 0 bridgehead atoms. The molecule has 18 heavy (non-hydrogen) atoms. The summed E-state index contributed by atoms with van der Waals surface area (Å²) >= 11 is 11.3. The molecule has 1 heterocycles. The van der Waals surface area contributed by atoms with Crippen LogP contribution in [0.5, 0.6) is 0 Å². The Kier molecular flexibility index (Phi) is 7.28. The molecular weight excluding hydrogens is 271 g/mol. The summed E-state index contributed by atoms with van der Waals surface area (Å²) < 4.78 is 0. The van der Waals surface area contributed by atoms with E-state index in [1.165, 1.54) is 25.7 Å². The maximum absolute atomic E-state index is 5.67. The second-order valence-electron chi connectivity index (χ2n) is 4.72. The second kappa shape index (κ2) is 8.48. The van der Waals surface area contributed by atoms with E-state index in [9.17, 15) is 0 Å². The van der Waals surface area contributed by atoms with Crippen LogP contribution in [0, 0.1) is 5.92 Å². The fourth-order valence-electron chi connectivity index (χ4n) is 1.64. The lowest BCUT2D eigenvalue weighted by Gasteiger charge is -2.06. The normalized spacial score (nSPS) is 10.9. The van der Waals surface area contributed by atoms with Crippen molar-refractivity contribution in [3.63, 3.8) is 0 Å². The lowest BCUT2D eigenvalue weighted by molar-refractivity contribution is 0.523. The molecule has 0 spiro atoms. The van der Waals surface area contributed by atoms with Gasteiger partial charge in [0, 0.05) is 6.54 Å². The zero-order chi connectivity index (χ0) is 13.4. The summed E-state index contributed by atoms with van der Waals surface area (Å²) in [6, 6.07) is 0. The Morgan fingerprint density at radius 2 is 1.56 bits per heavy atom. The van der Waals surface area contributed by atoms with Crippen molar-refractivity contribution in [3.05, 3.63) is 10.6 Å². The molecule has 0 saturated heterocycles. The summed E-state index contributed by atoms with van der Waals surface area (Å²) in [5, 5.41) is 3.33. The van der Waals surface area contributed by atoms with Crippen molar-refractivity contribution >= 4 is 29.2 Å². The molecule has 0 atom stereocenters. The van der Waals surface area contributed by atoms with Crippen LogP contribution >= 0.6 is 23.2 Å². The van der Waals surface area contributed by atoms with E-state index < -0.39 is 0 Å². The maximum atomic E-state index is 5.67. The zero-order valence-electron chi connectivity index (χ0n) is 10.9. The van der Waals surface area contributed by atoms with Crippen LogP contribution in [0.15, 0.2) is 0 Å². The van der Waals surface area contributed by atoms with Crippen LogP contribution < -0.4 is 5.32 Å². The number of nitrogens with one attached hydrogen (secondary N) is 1. The first-order valence-electron chi connectivity index (χ1n) is 6.39. The minimum absolute atomic E-state index is 0.120. The molecule has 6 heteroatoms. The van der Waals surface area contributed by atoms with Crippen LogP contribution in [0.4, 0.5) is 5.95 Å². The second-order valence-corrected chi connectivity index (χ2v) is 5.40. The predicted molar refractivity (Wildman–Crippen MR) is 76.3 cm³/mol. The first-order valence-corrected chi connectivity index (χ1v) is 7.14. The highest BCUT2D eigenvalue weighted by Gasteiger charge is 2.01. The van der Waals surface area contributed by atoms with Crippen molar-refractivity contribution in [1.82, 2.24) is 15.0 Å². The van der Waals surface area contributed by atoms with E-state index in [2.05, 4.69) is 34.1 Å². The molecule has 0 saturated carbocycles. The largest absolute Gasteiger partial charge is 0.354 e. The van der Waals surface area contributed by atoms with E-state index in [0.717, 1.165) is 18.9 Å². The monoisotopic (exact) mass is 290 g/mol. The van der Waals surface area contributed by atoms with Gasteiger partial charge in [0.05, 0.1) is 0 Å². The molecule has 0 unspecified atom stereocenters. The van der Waals surface area contributed by atoms with E-state index in [1.54, 1.807) is 0 Å². The van der Waals surface area contributed by atoms with Crippen LogP contribution in [0.1, 0.15) is 46.0 Å². The molecular formula is C12H20Cl2N4. The molecule has 0 aliphatic heterocycles. The van der Waals surface area contributed by atoms with E-state index in [-0.39, 0.29) is 10.6 Å². The fourth-order valence-corrected chi connectivity index (χ4v) is 2.00. The molecule has 1 aromatic heterocycles. The third-order valence-corrected chi connectivity index (χ3v) is 2.91. The SMILES string of the molecule is CC(C)CCCCCCNc1nc(Cl)nc(Cl)n1. The summed E-state index contributed by atoms with van der Waals surface area (Å²) in [7, 11) is 0. The minimum atomic E-state index is 0.120. The maximum Gasteiger partial charge on any atom is 0.228 e. The molecule has 4 nitrogen and oxygen atoms in total. The standard InChI is InChI=1S/C12H20Cl2N4/c1-9(2)7-5-3-4-6-8-15-12-17-10(13)16-11(14)18-12/h9H,3-8H2,1-2H3,(H,15,16,17,18). The van der Waals surface area contributed by atoms with Gasteiger partial charge in [-0.2, -0.15) is 15.0 Å². The van der Waals surface area contributed by atoms with Gasteiger partial charge in [0.25, 0.3) is 0 Å². The molecule has 0 aliphatic rings. The van der Waals surface area contributed by atoms with Crippen LogP contribution in [-0.4, -0.2) is 21.5 Å². The van der Waals surface area contributed by atoms with Gasteiger partial charge in [-0.3, -0.25) is 0 Å². The van der Waals surface area contributed by atoms with Crippen LogP contribution in [0.25, 0.3) is 0 Å². The van der Waals surface area contributed by atoms with Gasteiger partial charge in [0.1, 0.15) is 0 Å². The zero-order valence-corrected chi connectivity index (χ0v) is 12.4. The Hall–Kier alpha value is -0.610. The third kappa shape index (κ3) is 6.97. The number of aromatic nitrogens is 3. The molecule has 1 aromatic rings. The molecule has 0 fully saturated rings. The van der Waals surface area contributed by atoms with Crippen molar-refractivity contribution < 1.29 is 0 Å². The van der Waals surface area contributed by atoms with Crippen LogP contribution in [0.3, 0.4) is 0 Å². The van der Waals surface area contributed by atoms with Crippen LogP contribution in [-0.2, 0) is 0 Å². The lowest BCUT2D eigenvalue weighted by Crippen LogP contribution is -2.06. The minimum Gasteiger partial charge on any atom is -0.354 e. The van der Waals surface area contributed by atoms with Gasteiger partial charge in [-0.1, -0.05) is 39.5 Å². The first-order chi connectivity index (χ1) is 8.58. The molecule has 0 aliphatic carbocycles. The van der Waals surface area contributed by atoms with E-state index in [1.807, 2.05) is 0 Å². The first kappa shape index (κ1) is 15.4. The van der Waals surface area contributed by atoms with E-state index >= 15 is 0 Å². The smallest absolute Gasteiger partial charge is 0.228 e. The van der Waals surface area contributed by atoms with E-state index in [0.29, 0.717) is 5.95 Å². The average Bonchev–Trinajstić information content (AvgIpc) is 2.26. The Balaban J connectivity index is 2.10. The molecule has 1 N–H and O–H groups in total. The van der Waals surface area contributed by atoms with Gasteiger partial charge in [-0.05, 0) is 35.5 Å². The van der Waals surface area contributed by atoms with E-state index in [4.69, 9.17) is 23.2 Å². The highest BCUT2D eigenvalue weighted by Crippen LogP contribution is 2.11. The highest BCUT2D eigenvalue weighted by atomic mass is 35.5. The molecule has 1 rings (SSSR count). The fraction of sp³-hybridized carbons (Fsp3) is 0.750. The summed E-state index contributed by atoms with van der Waals surface area (Å²) in [5.41, 5.74) is 0. The van der Waals surface area contributed by atoms with Gasteiger partial charge < -0.3 is 5.32 Å². The van der Waals surface area contributed by atoms with Gasteiger partial charge in [-0.15, -0.1) is 0 Å². The summed E-state index contributed by atoms with van der Waals surface area (Å²) in [6.07, 6.45) is 6.21. The topological polar surface area (TPSA) is 50.7 Å². The summed E-state index contributed by atoms with van der Waals surface area (Å²) in [5.74, 6) is 1.25. The average molecular weight is 291 g/mol. The molecule has 0 amide bonds. The number of hydrogen-bond donors (Lipinski definition) is 1. The Morgan fingerprint density at radius 1 is 0.944 bits per heavy atom. The summed E-state index contributed by atoms with van der Waals surface area (Å²) in [6.45, 7) is 5.35. The van der Waals surface area contributed by atoms with Gasteiger partial charge in [0.2, 0.25) is 16.5 Å². The Labute approximate surface area is 119 Å². The molecule has 0 radical (unpaired) electrons. The third-order valence-electron chi connectivity index (χ3n) is 2.57. The van der Waals surface area contributed by atoms with Crippen molar-refractivity contribution in [2.75, 3.05) is 11.9 Å².